The van der Waals surface area contributed by atoms with Crippen molar-refractivity contribution in [1.82, 2.24) is 0 Å². The summed E-state index contributed by atoms with van der Waals surface area (Å²) in [6.45, 7) is 14.1. The molecule has 0 saturated heterocycles. The molecule has 528 valence electrons. The van der Waals surface area contributed by atoms with Gasteiger partial charge in [0.1, 0.15) is 19.3 Å². The third-order valence-corrected chi connectivity index (χ3v) is 18.7. The SMILES string of the molecule is CCC(C)CCCCCCCCCCC(=O)O[C@H](COC(=O)CCCCCCCCCCC(C)C)COP(=O)(O)OCC(O)COP(=O)(O)OC[C@@H](COC(=O)CCCCCCCCC(C)CC)OC(=O)CCCCCCCCCCCCCCCC(C)C. The number of ether oxygens (including phenoxy) is 4. The van der Waals surface area contributed by atoms with Gasteiger partial charge in [-0.2, -0.15) is 0 Å². The Hall–Kier alpha value is -1.94. The van der Waals surface area contributed by atoms with E-state index in [0.29, 0.717) is 25.7 Å². The minimum absolute atomic E-state index is 0.104. The van der Waals surface area contributed by atoms with Crippen LogP contribution in [0.1, 0.15) is 344 Å². The monoisotopic (exact) mass is 1310 g/mol. The fourth-order valence-corrected chi connectivity index (χ4v) is 12.0. The number of phosphoric acid groups is 2. The number of esters is 4. The van der Waals surface area contributed by atoms with E-state index in [-0.39, 0.29) is 25.7 Å². The summed E-state index contributed by atoms with van der Waals surface area (Å²) in [7, 11) is -9.90. The molecular formula is C70H136O17P2. The Balaban J connectivity index is 5.26. The molecule has 0 fully saturated rings. The lowest BCUT2D eigenvalue weighted by molar-refractivity contribution is -0.161. The molecule has 7 atom stereocenters. The number of hydrogen-bond acceptors (Lipinski definition) is 15. The molecule has 17 nitrogen and oxygen atoms in total. The van der Waals surface area contributed by atoms with Crippen molar-refractivity contribution >= 4 is 39.5 Å². The van der Waals surface area contributed by atoms with Gasteiger partial charge in [0.05, 0.1) is 26.4 Å². The fraction of sp³-hybridized carbons (Fsp3) is 0.943. The second kappa shape index (κ2) is 59.8. The molecule has 3 N–H and O–H groups in total. The van der Waals surface area contributed by atoms with Crippen molar-refractivity contribution in [2.45, 2.75) is 363 Å². The van der Waals surface area contributed by atoms with Crippen molar-refractivity contribution in [2.75, 3.05) is 39.6 Å². The second-order valence-electron chi connectivity index (χ2n) is 26.7. The van der Waals surface area contributed by atoms with E-state index in [4.69, 9.17) is 37.0 Å². The van der Waals surface area contributed by atoms with Crippen LogP contribution in [0.4, 0.5) is 0 Å². The van der Waals surface area contributed by atoms with E-state index >= 15 is 0 Å². The maximum atomic E-state index is 13.0. The van der Waals surface area contributed by atoms with Crippen LogP contribution in [0.25, 0.3) is 0 Å². The van der Waals surface area contributed by atoms with Gasteiger partial charge >= 0.3 is 39.5 Å². The van der Waals surface area contributed by atoms with E-state index in [9.17, 15) is 43.2 Å². The van der Waals surface area contributed by atoms with Crippen molar-refractivity contribution in [3.05, 3.63) is 0 Å². The zero-order valence-corrected chi connectivity index (χ0v) is 59.8. The first kappa shape index (κ1) is 87.1. The van der Waals surface area contributed by atoms with Crippen molar-refractivity contribution in [1.29, 1.82) is 0 Å². The van der Waals surface area contributed by atoms with Gasteiger partial charge in [-0.1, -0.05) is 293 Å². The standard InChI is InChI=1S/C70H136O17P2/c1-9-62(7)48-40-32-24-19-21-27-37-45-53-70(75)87-65(56-80-67(72)50-42-34-25-20-18-23-31-39-47-61(5)6)58-84-88(76,77)82-54-64(71)55-83-89(78,79)85-59-66(57-81-68(73)51-43-35-29-28-33-41-49-63(8)10-2)86-69(74)52-44-36-26-17-15-13-11-12-14-16-22-30-38-46-60(3)4/h60-66,71H,9-59H2,1-8H3,(H,76,77)(H,78,79)/t62?,63?,64?,65-,66-/m1/s1. The topological polar surface area (TPSA) is 237 Å². The summed E-state index contributed by atoms with van der Waals surface area (Å²) in [5, 5.41) is 10.6. The molecule has 0 heterocycles. The number of phosphoric ester groups is 2. The molecular weight excluding hydrogens is 1170 g/mol. The Morgan fingerprint density at radius 2 is 0.539 bits per heavy atom. The molecule has 0 aromatic heterocycles. The van der Waals surface area contributed by atoms with Gasteiger partial charge in [0.2, 0.25) is 0 Å². The highest BCUT2D eigenvalue weighted by Crippen LogP contribution is 2.45. The number of aliphatic hydroxyl groups is 1. The smallest absolute Gasteiger partial charge is 0.462 e. The van der Waals surface area contributed by atoms with Gasteiger partial charge in [-0.15, -0.1) is 0 Å². The maximum absolute atomic E-state index is 13.0. The van der Waals surface area contributed by atoms with Gasteiger partial charge in [0.15, 0.2) is 12.2 Å². The molecule has 0 saturated carbocycles. The molecule has 19 heteroatoms. The van der Waals surface area contributed by atoms with Crippen LogP contribution in [-0.4, -0.2) is 96.7 Å². The van der Waals surface area contributed by atoms with Crippen LogP contribution in [0.15, 0.2) is 0 Å². The quantitative estimate of drug-likeness (QED) is 0.0222. The Bertz CT molecular complexity index is 1770. The van der Waals surface area contributed by atoms with Crippen molar-refractivity contribution in [3.8, 4) is 0 Å². The van der Waals surface area contributed by atoms with E-state index in [2.05, 4.69) is 55.4 Å². The molecule has 0 aliphatic carbocycles. The minimum atomic E-state index is -4.95. The average molecular weight is 1310 g/mol. The van der Waals surface area contributed by atoms with Crippen molar-refractivity contribution in [2.24, 2.45) is 23.7 Å². The summed E-state index contributed by atoms with van der Waals surface area (Å²) >= 11 is 0. The molecule has 5 unspecified atom stereocenters. The van der Waals surface area contributed by atoms with E-state index in [1.165, 1.54) is 141 Å². The maximum Gasteiger partial charge on any atom is 0.472 e. The number of unbranched alkanes of at least 4 members (excludes halogenated alkanes) is 31. The molecule has 0 amide bonds. The third-order valence-electron chi connectivity index (χ3n) is 16.8. The normalized spacial score (nSPS) is 14.9. The molecule has 0 aromatic carbocycles. The number of carbonyl (C=O) groups excluding carboxylic acids is 4. The zero-order chi connectivity index (χ0) is 66.1. The first-order chi connectivity index (χ1) is 42.7. The summed E-state index contributed by atoms with van der Waals surface area (Å²) in [6.07, 6.45) is 41.7. The van der Waals surface area contributed by atoms with Gasteiger partial charge in [-0.3, -0.25) is 37.3 Å². The number of aliphatic hydroxyl groups excluding tert-OH is 1. The molecule has 0 radical (unpaired) electrons. The van der Waals surface area contributed by atoms with E-state index < -0.39 is 97.5 Å². The lowest BCUT2D eigenvalue weighted by Gasteiger charge is -2.21. The lowest BCUT2D eigenvalue weighted by atomic mass is 9.99. The van der Waals surface area contributed by atoms with Gasteiger partial charge in [-0.25, -0.2) is 9.13 Å². The molecule has 0 aliphatic heterocycles. The first-order valence-electron chi connectivity index (χ1n) is 36.3. The number of carbonyl (C=O) groups is 4. The van der Waals surface area contributed by atoms with Gasteiger partial charge < -0.3 is 33.8 Å². The third kappa shape index (κ3) is 62.0. The first-order valence-corrected chi connectivity index (χ1v) is 39.3. The molecule has 0 bridgehead atoms. The summed E-state index contributed by atoms with van der Waals surface area (Å²) in [5.74, 6) is 0.882. The highest BCUT2D eigenvalue weighted by molar-refractivity contribution is 7.47. The molecule has 0 aliphatic rings. The predicted molar refractivity (Wildman–Crippen MR) is 358 cm³/mol. The van der Waals surface area contributed by atoms with Crippen molar-refractivity contribution < 1.29 is 80.2 Å². The van der Waals surface area contributed by atoms with Crippen LogP contribution >= 0.6 is 15.6 Å². The van der Waals surface area contributed by atoms with Crippen LogP contribution in [0.2, 0.25) is 0 Å². The summed E-state index contributed by atoms with van der Waals surface area (Å²) in [5.41, 5.74) is 0. The predicted octanol–water partition coefficient (Wildman–Crippen LogP) is 19.7. The zero-order valence-electron chi connectivity index (χ0n) is 58.1. The second-order valence-corrected chi connectivity index (χ2v) is 29.6. The van der Waals surface area contributed by atoms with E-state index in [1.54, 1.807) is 0 Å². The van der Waals surface area contributed by atoms with E-state index in [0.717, 1.165) is 120 Å². The summed E-state index contributed by atoms with van der Waals surface area (Å²) in [4.78, 5) is 72.5. The van der Waals surface area contributed by atoms with Gasteiger partial charge in [-0.05, 0) is 49.4 Å². The average Bonchev–Trinajstić information content (AvgIpc) is 3.55. The van der Waals surface area contributed by atoms with Gasteiger partial charge in [0, 0.05) is 25.7 Å². The highest BCUT2D eigenvalue weighted by atomic mass is 31.2. The molecule has 0 spiro atoms. The summed E-state index contributed by atoms with van der Waals surface area (Å²) in [6, 6.07) is 0. The van der Waals surface area contributed by atoms with E-state index in [1.807, 2.05) is 0 Å². The largest absolute Gasteiger partial charge is 0.472 e. The summed E-state index contributed by atoms with van der Waals surface area (Å²) < 4.78 is 68.3. The van der Waals surface area contributed by atoms with Crippen molar-refractivity contribution in [3.63, 3.8) is 0 Å². The Morgan fingerprint density at radius 1 is 0.315 bits per heavy atom. The van der Waals surface area contributed by atoms with Crippen LogP contribution in [0.5, 0.6) is 0 Å². The van der Waals surface area contributed by atoms with Crippen LogP contribution in [-0.2, 0) is 65.4 Å². The molecule has 0 aromatic rings. The Labute approximate surface area is 543 Å². The highest BCUT2D eigenvalue weighted by Gasteiger charge is 2.30. The van der Waals surface area contributed by atoms with Crippen LogP contribution in [0.3, 0.4) is 0 Å². The van der Waals surface area contributed by atoms with Gasteiger partial charge in [0.25, 0.3) is 0 Å². The van der Waals surface area contributed by atoms with Crippen LogP contribution < -0.4 is 0 Å². The Kier molecular flexibility index (Phi) is 58.5. The molecule has 89 heavy (non-hydrogen) atoms. The molecule has 0 rings (SSSR count). The number of rotatable bonds is 67. The van der Waals surface area contributed by atoms with Crippen LogP contribution in [0, 0.1) is 23.7 Å². The number of hydrogen-bond donors (Lipinski definition) is 3. The minimum Gasteiger partial charge on any atom is -0.462 e. The Morgan fingerprint density at radius 3 is 0.798 bits per heavy atom. The lowest BCUT2D eigenvalue weighted by Crippen LogP contribution is -2.30. The fourth-order valence-electron chi connectivity index (χ4n) is 10.4.